The number of rotatable bonds is 4. The average Bonchev–Trinajstić information content (AvgIpc) is 3.33. The molecular formula is C19H20N2O5. The van der Waals surface area contributed by atoms with E-state index >= 15 is 0 Å². The van der Waals surface area contributed by atoms with Crippen LogP contribution < -0.4 is 14.8 Å². The average molecular weight is 356 g/mol. The van der Waals surface area contributed by atoms with Crippen molar-refractivity contribution in [3.05, 3.63) is 47.9 Å². The summed E-state index contributed by atoms with van der Waals surface area (Å²) in [4.78, 5) is 26.4. The van der Waals surface area contributed by atoms with Gasteiger partial charge in [0.05, 0.1) is 18.2 Å². The fourth-order valence-electron chi connectivity index (χ4n) is 3.31. The van der Waals surface area contributed by atoms with Crippen LogP contribution in [0.15, 0.2) is 41.2 Å². The normalized spacial score (nSPS) is 16.5. The Hall–Kier alpha value is -2.96. The van der Waals surface area contributed by atoms with E-state index in [-0.39, 0.29) is 24.6 Å². The minimum atomic E-state index is -0.0246. The van der Waals surface area contributed by atoms with E-state index < -0.39 is 0 Å². The lowest BCUT2D eigenvalue weighted by Gasteiger charge is -2.32. The van der Waals surface area contributed by atoms with E-state index in [9.17, 15) is 9.59 Å². The number of ether oxygens (including phenoxy) is 2. The van der Waals surface area contributed by atoms with Crippen molar-refractivity contribution in [3.8, 4) is 11.5 Å². The second kappa shape index (κ2) is 7.11. The van der Waals surface area contributed by atoms with Crippen molar-refractivity contribution in [2.45, 2.75) is 25.3 Å². The Morgan fingerprint density at radius 2 is 1.92 bits per heavy atom. The molecule has 0 atom stereocenters. The van der Waals surface area contributed by atoms with Crippen molar-refractivity contribution in [3.63, 3.8) is 0 Å². The monoisotopic (exact) mass is 356 g/mol. The molecule has 7 heteroatoms. The maximum absolute atomic E-state index is 12.3. The Kier molecular flexibility index (Phi) is 4.51. The van der Waals surface area contributed by atoms with Gasteiger partial charge in [0.2, 0.25) is 12.7 Å². The fourth-order valence-corrected chi connectivity index (χ4v) is 3.31. The van der Waals surface area contributed by atoms with Crippen LogP contribution in [0.5, 0.6) is 11.5 Å². The third-order valence-corrected chi connectivity index (χ3v) is 4.72. The van der Waals surface area contributed by atoms with Gasteiger partial charge >= 0.3 is 0 Å². The maximum Gasteiger partial charge on any atom is 0.257 e. The van der Waals surface area contributed by atoms with Crippen molar-refractivity contribution < 1.29 is 23.5 Å². The quantitative estimate of drug-likeness (QED) is 0.906. The minimum absolute atomic E-state index is 0.0242. The number of hydrogen-bond donors (Lipinski definition) is 1. The van der Waals surface area contributed by atoms with E-state index in [4.69, 9.17) is 13.9 Å². The number of carbonyl (C=O) groups excluding carboxylic acids is 2. The number of nitrogens with one attached hydrogen (secondary N) is 1. The molecule has 0 radical (unpaired) electrons. The molecule has 1 fully saturated rings. The molecule has 1 aromatic heterocycles. The van der Waals surface area contributed by atoms with Crippen molar-refractivity contribution in [2.75, 3.05) is 19.9 Å². The molecule has 0 unspecified atom stereocenters. The van der Waals surface area contributed by atoms with E-state index in [0.717, 1.165) is 18.4 Å². The molecule has 2 aliphatic heterocycles. The smallest absolute Gasteiger partial charge is 0.257 e. The topological polar surface area (TPSA) is 81.0 Å². The Morgan fingerprint density at radius 3 is 2.69 bits per heavy atom. The number of hydrogen-bond acceptors (Lipinski definition) is 5. The van der Waals surface area contributed by atoms with Crippen LogP contribution >= 0.6 is 0 Å². The molecule has 0 bridgehead atoms. The van der Waals surface area contributed by atoms with Crippen LogP contribution in [0.4, 0.5) is 0 Å². The van der Waals surface area contributed by atoms with Crippen molar-refractivity contribution in [1.82, 2.24) is 10.2 Å². The van der Waals surface area contributed by atoms with Gasteiger partial charge in [0.15, 0.2) is 11.5 Å². The Balaban J connectivity index is 1.26. The molecule has 7 nitrogen and oxygen atoms in total. The van der Waals surface area contributed by atoms with Crippen LogP contribution in [0, 0.1) is 0 Å². The third kappa shape index (κ3) is 3.51. The zero-order chi connectivity index (χ0) is 17.9. The van der Waals surface area contributed by atoms with Crippen LogP contribution in [-0.4, -0.2) is 42.6 Å². The van der Waals surface area contributed by atoms with Gasteiger partial charge in [-0.1, -0.05) is 6.07 Å². The molecule has 2 aliphatic rings. The first kappa shape index (κ1) is 16.5. The number of amides is 2. The molecule has 0 spiro atoms. The van der Waals surface area contributed by atoms with Gasteiger partial charge in [-0.15, -0.1) is 0 Å². The summed E-state index contributed by atoms with van der Waals surface area (Å²) in [6.07, 6.45) is 4.75. The number of benzene rings is 1. The van der Waals surface area contributed by atoms with E-state index in [2.05, 4.69) is 5.32 Å². The molecule has 1 aromatic carbocycles. The van der Waals surface area contributed by atoms with Crippen molar-refractivity contribution in [1.29, 1.82) is 0 Å². The highest BCUT2D eigenvalue weighted by Crippen LogP contribution is 2.32. The van der Waals surface area contributed by atoms with Crippen molar-refractivity contribution >= 4 is 11.8 Å². The van der Waals surface area contributed by atoms with E-state index in [1.54, 1.807) is 11.0 Å². The van der Waals surface area contributed by atoms with Gasteiger partial charge in [-0.3, -0.25) is 9.59 Å². The Bertz CT molecular complexity index is 794. The SMILES string of the molecule is O=C(Cc1ccc2c(c1)OCO2)NC1CCN(C(=O)c2ccoc2)CC1. The Labute approximate surface area is 150 Å². The first-order valence-electron chi connectivity index (χ1n) is 8.68. The van der Waals surface area contributed by atoms with E-state index in [1.807, 2.05) is 18.2 Å². The zero-order valence-corrected chi connectivity index (χ0v) is 14.3. The summed E-state index contributed by atoms with van der Waals surface area (Å²) in [6.45, 7) is 1.47. The predicted molar refractivity (Wildman–Crippen MR) is 92.0 cm³/mol. The molecule has 4 rings (SSSR count). The van der Waals surface area contributed by atoms with Gasteiger partial charge in [0.25, 0.3) is 5.91 Å². The molecule has 1 saturated heterocycles. The largest absolute Gasteiger partial charge is 0.472 e. The van der Waals surface area contributed by atoms with Gasteiger partial charge in [-0.05, 0) is 36.6 Å². The summed E-state index contributed by atoms with van der Waals surface area (Å²) in [6, 6.07) is 7.30. The van der Waals surface area contributed by atoms with Gasteiger partial charge < -0.3 is 24.1 Å². The highest BCUT2D eigenvalue weighted by atomic mass is 16.7. The summed E-state index contributed by atoms with van der Waals surface area (Å²) < 4.78 is 15.6. The molecule has 1 N–H and O–H groups in total. The first-order chi connectivity index (χ1) is 12.7. The summed E-state index contributed by atoms with van der Waals surface area (Å²) in [5.41, 5.74) is 1.45. The zero-order valence-electron chi connectivity index (χ0n) is 14.3. The third-order valence-electron chi connectivity index (χ3n) is 4.72. The van der Waals surface area contributed by atoms with Gasteiger partial charge in [-0.25, -0.2) is 0 Å². The molecule has 3 heterocycles. The number of nitrogens with zero attached hydrogens (tertiary/aromatic N) is 1. The van der Waals surface area contributed by atoms with Crippen LogP contribution in [0.25, 0.3) is 0 Å². The van der Waals surface area contributed by atoms with Gasteiger partial charge in [0.1, 0.15) is 6.26 Å². The lowest BCUT2D eigenvalue weighted by molar-refractivity contribution is -0.121. The second-order valence-electron chi connectivity index (χ2n) is 6.51. The lowest BCUT2D eigenvalue weighted by atomic mass is 10.0. The highest BCUT2D eigenvalue weighted by Gasteiger charge is 2.25. The van der Waals surface area contributed by atoms with Crippen molar-refractivity contribution in [2.24, 2.45) is 0 Å². The molecule has 0 saturated carbocycles. The van der Waals surface area contributed by atoms with E-state index in [1.165, 1.54) is 12.5 Å². The first-order valence-corrected chi connectivity index (χ1v) is 8.68. The molecule has 2 amide bonds. The van der Waals surface area contributed by atoms with Crippen LogP contribution in [0.1, 0.15) is 28.8 Å². The van der Waals surface area contributed by atoms with E-state index in [0.29, 0.717) is 36.6 Å². The summed E-state index contributed by atoms with van der Waals surface area (Å²) in [5.74, 6) is 1.34. The molecule has 26 heavy (non-hydrogen) atoms. The molecular weight excluding hydrogens is 336 g/mol. The number of likely N-dealkylation sites (tertiary alicyclic amines) is 1. The standard InChI is InChI=1S/C19H20N2O5/c22-18(10-13-1-2-16-17(9-13)26-12-25-16)20-15-3-6-21(7-4-15)19(23)14-5-8-24-11-14/h1-2,5,8-9,11,15H,3-4,6-7,10,12H2,(H,20,22). The molecule has 136 valence electrons. The Morgan fingerprint density at radius 1 is 1.12 bits per heavy atom. The molecule has 0 aliphatic carbocycles. The lowest BCUT2D eigenvalue weighted by Crippen LogP contribution is -2.46. The minimum Gasteiger partial charge on any atom is -0.472 e. The van der Waals surface area contributed by atoms with Crippen LogP contribution in [-0.2, 0) is 11.2 Å². The summed E-state index contributed by atoms with van der Waals surface area (Å²) in [7, 11) is 0. The van der Waals surface area contributed by atoms with Crippen LogP contribution in [0.3, 0.4) is 0 Å². The van der Waals surface area contributed by atoms with Gasteiger partial charge in [-0.2, -0.15) is 0 Å². The summed E-state index contributed by atoms with van der Waals surface area (Å²) >= 11 is 0. The fraction of sp³-hybridized carbons (Fsp3) is 0.368. The number of furan rings is 1. The number of carbonyl (C=O) groups is 2. The highest BCUT2D eigenvalue weighted by molar-refractivity contribution is 5.93. The maximum atomic E-state index is 12.3. The molecule has 2 aromatic rings. The van der Waals surface area contributed by atoms with Gasteiger partial charge in [0, 0.05) is 19.1 Å². The summed E-state index contributed by atoms with van der Waals surface area (Å²) in [5, 5.41) is 3.06. The second-order valence-corrected chi connectivity index (χ2v) is 6.51. The predicted octanol–water partition coefficient (Wildman–Crippen LogP) is 1.97. The van der Waals surface area contributed by atoms with Crippen LogP contribution in [0.2, 0.25) is 0 Å². The number of fused-ring (bicyclic) bond motifs is 1. The number of piperidine rings is 1.